The SMILES string of the molecule is CC(C)CC(NC(=O)C(N)CC(=O)O)C(=O)NC(C(=O)NC(CS)C(=O)O)C(C)C. The second kappa shape index (κ2) is 13.1. The highest BCUT2D eigenvalue weighted by Gasteiger charge is 2.32. The zero-order chi connectivity index (χ0) is 23.6. The summed E-state index contributed by atoms with van der Waals surface area (Å²) >= 11 is 3.89. The van der Waals surface area contributed by atoms with Crippen LogP contribution in [0, 0.1) is 11.8 Å². The van der Waals surface area contributed by atoms with Gasteiger partial charge in [-0.2, -0.15) is 12.6 Å². The summed E-state index contributed by atoms with van der Waals surface area (Å²) in [7, 11) is 0. The van der Waals surface area contributed by atoms with Crippen LogP contribution < -0.4 is 21.7 Å². The number of rotatable bonds is 13. The summed E-state index contributed by atoms with van der Waals surface area (Å²) in [5.74, 6) is -5.20. The third kappa shape index (κ3) is 9.92. The number of carbonyl (C=O) groups excluding carboxylic acids is 3. The van der Waals surface area contributed by atoms with Crippen molar-refractivity contribution in [1.29, 1.82) is 0 Å². The average Bonchev–Trinajstić information content (AvgIpc) is 2.61. The van der Waals surface area contributed by atoms with Gasteiger partial charge in [-0.15, -0.1) is 0 Å². The van der Waals surface area contributed by atoms with Gasteiger partial charge in [0.25, 0.3) is 0 Å². The van der Waals surface area contributed by atoms with E-state index in [4.69, 9.17) is 15.9 Å². The van der Waals surface area contributed by atoms with Crippen LogP contribution >= 0.6 is 12.6 Å². The summed E-state index contributed by atoms with van der Waals surface area (Å²) in [5.41, 5.74) is 5.54. The van der Waals surface area contributed by atoms with Crippen molar-refractivity contribution in [2.45, 2.75) is 64.7 Å². The monoisotopic (exact) mass is 448 g/mol. The molecule has 4 atom stereocenters. The van der Waals surface area contributed by atoms with Crippen molar-refractivity contribution < 1.29 is 34.2 Å². The third-order valence-electron chi connectivity index (χ3n) is 4.12. The van der Waals surface area contributed by atoms with Crippen LogP contribution in [0.1, 0.15) is 40.5 Å². The smallest absolute Gasteiger partial charge is 0.327 e. The quantitative estimate of drug-likeness (QED) is 0.174. The molecular formula is C18H32N4O7S. The predicted octanol–water partition coefficient (Wildman–Crippen LogP) is -1.04. The lowest BCUT2D eigenvalue weighted by Gasteiger charge is -2.27. The maximum Gasteiger partial charge on any atom is 0.327 e. The number of thiol groups is 1. The van der Waals surface area contributed by atoms with Crippen molar-refractivity contribution in [2.24, 2.45) is 17.6 Å². The Balaban J connectivity index is 5.35. The summed E-state index contributed by atoms with van der Waals surface area (Å²) in [6, 6.07) is -4.66. The lowest BCUT2D eigenvalue weighted by molar-refractivity contribution is -0.142. The van der Waals surface area contributed by atoms with Gasteiger partial charge in [-0.1, -0.05) is 27.7 Å². The van der Waals surface area contributed by atoms with Crippen LogP contribution in [0.15, 0.2) is 0 Å². The summed E-state index contributed by atoms with van der Waals surface area (Å²) in [6.07, 6.45) is -0.378. The van der Waals surface area contributed by atoms with Crippen molar-refractivity contribution in [3.8, 4) is 0 Å². The summed E-state index contributed by atoms with van der Waals surface area (Å²) in [4.78, 5) is 59.3. The molecule has 0 aromatic carbocycles. The van der Waals surface area contributed by atoms with E-state index in [1.165, 1.54) is 0 Å². The molecule has 0 aromatic rings. The van der Waals surface area contributed by atoms with Gasteiger partial charge in [-0.05, 0) is 18.3 Å². The maximum atomic E-state index is 12.8. The number of carboxylic acids is 2. The minimum absolute atomic E-state index is 0.0105. The number of nitrogens with one attached hydrogen (secondary N) is 3. The summed E-state index contributed by atoms with van der Waals surface area (Å²) < 4.78 is 0. The second-order valence-corrected chi connectivity index (χ2v) is 8.07. The molecule has 0 aliphatic carbocycles. The number of carbonyl (C=O) groups is 5. The Kier molecular flexibility index (Phi) is 12.0. The molecule has 0 heterocycles. The van der Waals surface area contributed by atoms with Crippen LogP contribution in [0.4, 0.5) is 0 Å². The molecule has 30 heavy (non-hydrogen) atoms. The molecule has 0 rings (SSSR count). The highest BCUT2D eigenvalue weighted by Crippen LogP contribution is 2.09. The van der Waals surface area contributed by atoms with Gasteiger partial charge in [0.1, 0.15) is 18.1 Å². The highest BCUT2D eigenvalue weighted by molar-refractivity contribution is 7.80. The topological polar surface area (TPSA) is 188 Å². The predicted molar refractivity (Wildman–Crippen MR) is 112 cm³/mol. The van der Waals surface area contributed by atoms with Gasteiger partial charge in [0.15, 0.2) is 0 Å². The van der Waals surface area contributed by atoms with E-state index in [2.05, 4.69) is 28.6 Å². The third-order valence-corrected chi connectivity index (χ3v) is 4.48. The Morgan fingerprint density at radius 1 is 0.867 bits per heavy atom. The van der Waals surface area contributed by atoms with Gasteiger partial charge in [-0.25, -0.2) is 4.79 Å². The first-order valence-electron chi connectivity index (χ1n) is 9.52. The number of hydrogen-bond donors (Lipinski definition) is 7. The van der Waals surface area contributed by atoms with Crippen LogP contribution in [0.2, 0.25) is 0 Å². The molecule has 0 bridgehead atoms. The number of hydrogen-bond acceptors (Lipinski definition) is 7. The van der Waals surface area contributed by atoms with E-state index in [1.54, 1.807) is 13.8 Å². The molecule has 172 valence electrons. The lowest BCUT2D eigenvalue weighted by atomic mass is 9.99. The Bertz CT molecular complexity index is 642. The molecule has 0 saturated carbocycles. The molecule has 0 radical (unpaired) electrons. The molecule has 0 fully saturated rings. The van der Waals surface area contributed by atoms with Crippen LogP contribution in [0.25, 0.3) is 0 Å². The second-order valence-electron chi connectivity index (χ2n) is 7.71. The average molecular weight is 449 g/mol. The highest BCUT2D eigenvalue weighted by atomic mass is 32.1. The van der Waals surface area contributed by atoms with Crippen LogP contribution in [0.3, 0.4) is 0 Å². The van der Waals surface area contributed by atoms with Crippen molar-refractivity contribution in [3.63, 3.8) is 0 Å². The first-order chi connectivity index (χ1) is 13.8. The number of carboxylic acid groups (broad SMARTS) is 2. The molecule has 0 saturated heterocycles. The first-order valence-corrected chi connectivity index (χ1v) is 10.1. The van der Waals surface area contributed by atoms with E-state index in [-0.39, 0.29) is 24.0 Å². The fourth-order valence-electron chi connectivity index (χ4n) is 2.50. The van der Waals surface area contributed by atoms with Crippen molar-refractivity contribution in [1.82, 2.24) is 16.0 Å². The minimum Gasteiger partial charge on any atom is -0.481 e. The molecular weight excluding hydrogens is 416 g/mol. The molecule has 4 unspecified atom stereocenters. The fourth-order valence-corrected chi connectivity index (χ4v) is 2.75. The van der Waals surface area contributed by atoms with Gasteiger partial charge in [-0.3, -0.25) is 19.2 Å². The molecule has 0 spiro atoms. The number of aliphatic carboxylic acids is 2. The maximum absolute atomic E-state index is 12.8. The zero-order valence-corrected chi connectivity index (χ0v) is 18.4. The first kappa shape index (κ1) is 27.7. The summed E-state index contributed by atoms with van der Waals surface area (Å²) in [5, 5.41) is 25.1. The van der Waals surface area contributed by atoms with Crippen LogP contribution in [-0.2, 0) is 24.0 Å². The van der Waals surface area contributed by atoms with E-state index >= 15 is 0 Å². The Morgan fingerprint density at radius 2 is 1.40 bits per heavy atom. The molecule has 0 aliphatic rings. The largest absolute Gasteiger partial charge is 0.481 e. The van der Waals surface area contributed by atoms with E-state index in [1.807, 2.05) is 13.8 Å². The number of amides is 3. The zero-order valence-electron chi connectivity index (χ0n) is 17.5. The minimum atomic E-state index is -1.33. The molecule has 0 aromatic heterocycles. The van der Waals surface area contributed by atoms with Crippen molar-refractivity contribution >= 4 is 42.3 Å². The van der Waals surface area contributed by atoms with Gasteiger partial charge >= 0.3 is 11.9 Å². The van der Waals surface area contributed by atoms with Gasteiger partial charge < -0.3 is 31.9 Å². The molecule has 12 heteroatoms. The van der Waals surface area contributed by atoms with E-state index in [9.17, 15) is 24.0 Å². The van der Waals surface area contributed by atoms with E-state index in [0.29, 0.717) is 0 Å². The molecule has 11 nitrogen and oxygen atoms in total. The van der Waals surface area contributed by atoms with E-state index < -0.39 is 60.2 Å². The fraction of sp³-hybridized carbons (Fsp3) is 0.722. The van der Waals surface area contributed by atoms with Crippen LogP contribution in [-0.4, -0.2) is 69.8 Å². The van der Waals surface area contributed by atoms with Gasteiger partial charge in [0, 0.05) is 5.75 Å². The Hall–Kier alpha value is -2.34. The summed E-state index contributed by atoms with van der Waals surface area (Å²) in [6.45, 7) is 6.97. The van der Waals surface area contributed by atoms with Crippen molar-refractivity contribution in [3.05, 3.63) is 0 Å². The lowest BCUT2D eigenvalue weighted by Crippen LogP contribution is -2.58. The van der Waals surface area contributed by atoms with Crippen molar-refractivity contribution in [2.75, 3.05) is 5.75 Å². The van der Waals surface area contributed by atoms with Crippen LogP contribution in [0.5, 0.6) is 0 Å². The molecule has 7 N–H and O–H groups in total. The normalized spacial score (nSPS) is 15.1. The molecule has 0 aliphatic heterocycles. The Morgan fingerprint density at radius 3 is 1.80 bits per heavy atom. The standard InChI is InChI=1S/C18H32N4O7S/c1-8(2)5-11(20-15(25)10(19)6-13(23)24)16(26)22-14(9(3)4)17(27)21-12(7-30)18(28)29/h8-12,14,30H,5-7,19H2,1-4H3,(H,20,25)(H,21,27)(H,22,26)(H,23,24)(H,28,29). The number of nitrogens with two attached hydrogens (primary N) is 1. The Labute approximate surface area is 180 Å². The molecule has 3 amide bonds. The van der Waals surface area contributed by atoms with Gasteiger partial charge in [0.05, 0.1) is 12.5 Å². The van der Waals surface area contributed by atoms with Gasteiger partial charge in [0.2, 0.25) is 17.7 Å². The van der Waals surface area contributed by atoms with E-state index in [0.717, 1.165) is 0 Å².